The zero-order chi connectivity index (χ0) is 20.4. The molecule has 7 nitrogen and oxygen atoms in total. The van der Waals surface area contributed by atoms with Gasteiger partial charge in [-0.05, 0) is 30.5 Å². The van der Waals surface area contributed by atoms with Gasteiger partial charge in [0.15, 0.2) is 6.54 Å². The largest absolute Gasteiger partial charge is 0.344 e. The second-order valence-corrected chi connectivity index (χ2v) is 8.05. The summed E-state index contributed by atoms with van der Waals surface area (Å²) in [4.78, 5) is 37.5. The fourth-order valence-electron chi connectivity index (χ4n) is 4.44. The van der Waals surface area contributed by atoms with Crippen LogP contribution in [0.4, 0.5) is 4.79 Å². The van der Waals surface area contributed by atoms with E-state index in [1.807, 2.05) is 30.4 Å². The molecule has 29 heavy (non-hydrogen) atoms. The number of benzene rings is 2. The molecule has 4 rings (SSSR count). The van der Waals surface area contributed by atoms with Crippen molar-refractivity contribution >= 4 is 28.6 Å². The van der Waals surface area contributed by atoms with Crippen molar-refractivity contribution in [1.29, 1.82) is 0 Å². The lowest BCUT2D eigenvalue weighted by molar-refractivity contribution is -0.682. The summed E-state index contributed by atoms with van der Waals surface area (Å²) in [6.45, 7) is 2.16. The Morgan fingerprint density at radius 2 is 1.86 bits per heavy atom. The molecule has 7 heteroatoms. The van der Waals surface area contributed by atoms with E-state index >= 15 is 0 Å². The zero-order valence-electron chi connectivity index (χ0n) is 16.6. The maximum atomic E-state index is 12.8. The molecule has 0 unspecified atom stereocenters. The minimum Gasteiger partial charge on any atom is -0.332 e. The average molecular weight is 395 g/mol. The highest BCUT2D eigenvalue weighted by atomic mass is 16.2. The fraction of sp³-hybridized carbons (Fsp3) is 0.409. The number of urea groups is 1. The number of imide groups is 1. The standard InChI is InChI=1S/C22H26N4O3/c1-15(17-11-7-9-16-8-3-4-10-18(16)17)23-14-19(27)25-26-20(28)22(24-21(26)29)12-5-2-6-13-22/h3-4,7-11,15,23H,2,5-6,12-14H2,1H3,(H,24,29)(H,25,27)/p+1/t15-/m1/s1. The number of nitrogens with zero attached hydrogens (tertiary/aromatic N) is 1. The van der Waals surface area contributed by atoms with E-state index in [1.54, 1.807) is 0 Å². The van der Waals surface area contributed by atoms with Crippen molar-refractivity contribution in [1.82, 2.24) is 15.8 Å². The smallest absolute Gasteiger partial charge is 0.332 e. The Kier molecular flexibility index (Phi) is 5.24. The molecule has 4 amide bonds. The first-order valence-electron chi connectivity index (χ1n) is 10.3. The van der Waals surface area contributed by atoms with Gasteiger partial charge in [0.2, 0.25) is 0 Å². The van der Waals surface area contributed by atoms with Crippen molar-refractivity contribution < 1.29 is 19.7 Å². The molecule has 2 aromatic carbocycles. The van der Waals surface area contributed by atoms with Crippen molar-refractivity contribution in [2.24, 2.45) is 0 Å². The zero-order valence-corrected chi connectivity index (χ0v) is 16.6. The monoisotopic (exact) mass is 395 g/mol. The molecule has 1 aliphatic carbocycles. The fourth-order valence-corrected chi connectivity index (χ4v) is 4.44. The van der Waals surface area contributed by atoms with Crippen LogP contribution >= 0.6 is 0 Å². The third-order valence-corrected chi connectivity index (χ3v) is 6.08. The van der Waals surface area contributed by atoms with E-state index in [0.29, 0.717) is 12.8 Å². The van der Waals surface area contributed by atoms with Gasteiger partial charge in [-0.25, -0.2) is 4.79 Å². The van der Waals surface area contributed by atoms with Crippen LogP contribution in [-0.4, -0.2) is 34.9 Å². The van der Waals surface area contributed by atoms with Crippen LogP contribution in [0.5, 0.6) is 0 Å². The van der Waals surface area contributed by atoms with Gasteiger partial charge < -0.3 is 10.6 Å². The van der Waals surface area contributed by atoms with Gasteiger partial charge in [-0.1, -0.05) is 61.7 Å². The van der Waals surface area contributed by atoms with E-state index in [-0.39, 0.29) is 24.4 Å². The number of rotatable bonds is 5. The second-order valence-electron chi connectivity index (χ2n) is 8.05. The Labute approximate surface area is 169 Å². The van der Waals surface area contributed by atoms with Crippen LogP contribution in [0.1, 0.15) is 50.6 Å². The van der Waals surface area contributed by atoms with E-state index in [1.165, 1.54) is 0 Å². The predicted molar refractivity (Wildman–Crippen MR) is 108 cm³/mol. The number of nitrogens with one attached hydrogen (secondary N) is 2. The lowest BCUT2D eigenvalue weighted by atomic mass is 9.82. The van der Waals surface area contributed by atoms with Crippen LogP contribution in [0, 0.1) is 0 Å². The molecule has 0 aromatic heterocycles. The van der Waals surface area contributed by atoms with Gasteiger partial charge in [-0.2, -0.15) is 5.01 Å². The van der Waals surface area contributed by atoms with E-state index < -0.39 is 11.6 Å². The maximum Gasteiger partial charge on any atom is 0.344 e. The van der Waals surface area contributed by atoms with Crippen LogP contribution in [0.25, 0.3) is 10.8 Å². The van der Waals surface area contributed by atoms with Gasteiger partial charge in [0.1, 0.15) is 11.6 Å². The lowest BCUT2D eigenvalue weighted by Gasteiger charge is -2.30. The summed E-state index contributed by atoms with van der Waals surface area (Å²) in [7, 11) is 0. The summed E-state index contributed by atoms with van der Waals surface area (Å²) < 4.78 is 0. The van der Waals surface area contributed by atoms with Gasteiger partial charge in [0, 0.05) is 5.56 Å². The molecule has 1 aliphatic heterocycles. The van der Waals surface area contributed by atoms with Gasteiger partial charge in [0.25, 0.3) is 11.8 Å². The average Bonchev–Trinajstić information content (AvgIpc) is 2.96. The van der Waals surface area contributed by atoms with Crippen molar-refractivity contribution in [3.8, 4) is 0 Å². The topological polar surface area (TPSA) is 95.1 Å². The van der Waals surface area contributed by atoms with Crippen LogP contribution in [0.2, 0.25) is 0 Å². The number of hydrazine groups is 1. The van der Waals surface area contributed by atoms with Gasteiger partial charge in [-0.15, -0.1) is 0 Å². The van der Waals surface area contributed by atoms with Gasteiger partial charge >= 0.3 is 6.03 Å². The number of hydrogen-bond acceptors (Lipinski definition) is 3. The summed E-state index contributed by atoms with van der Waals surface area (Å²) in [6.07, 6.45) is 4.15. The van der Waals surface area contributed by atoms with Crippen molar-refractivity contribution in [2.75, 3.05) is 6.54 Å². The Morgan fingerprint density at radius 1 is 1.14 bits per heavy atom. The number of amides is 4. The molecule has 2 aliphatic rings. The first-order valence-corrected chi connectivity index (χ1v) is 10.3. The van der Waals surface area contributed by atoms with Crippen LogP contribution in [0.3, 0.4) is 0 Å². The highest BCUT2D eigenvalue weighted by Gasteiger charge is 2.52. The maximum absolute atomic E-state index is 12.8. The molecule has 0 bridgehead atoms. The third kappa shape index (κ3) is 3.70. The van der Waals surface area contributed by atoms with Crippen molar-refractivity contribution in [2.45, 2.75) is 50.6 Å². The van der Waals surface area contributed by atoms with Crippen molar-refractivity contribution in [3.05, 3.63) is 48.0 Å². The number of carbonyl (C=O) groups excluding carboxylic acids is 3. The predicted octanol–water partition coefficient (Wildman–Crippen LogP) is 1.75. The van der Waals surface area contributed by atoms with Crippen molar-refractivity contribution in [3.63, 3.8) is 0 Å². The second kappa shape index (κ2) is 7.83. The van der Waals surface area contributed by atoms with Crippen LogP contribution < -0.4 is 16.1 Å². The van der Waals surface area contributed by atoms with Crippen LogP contribution in [-0.2, 0) is 9.59 Å². The summed E-state index contributed by atoms with van der Waals surface area (Å²) >= 11 is 0. The Balaban J connectivity index is 1.37. The van der Waals surface area contributed by atoms with E-state index in [4.69, 9.17) is 0 Å². The number of hydrogen-bond donors (Lipinski definition) is 3. The molecule has 152 valence electrons. The summed E-state index contributed by atoms with van der Waals surface area (Å²) in [6, 6.07) is 13.8. The van der Waals surface area contributed by atoms with Gasteiger partial charge in [-0.3, -0.25) is 15.0 Å². The van der Waals surface area contributed by atoms with E-state index in [9.17, 15) is 14.4 Å². The molecule has 1 spiro atoms. The third-order valence-electron chi connectivity index (χ3n) is 6.08. The summed E-state index contributed by atoms with van der Waals surface area (Å²) in [5.74, 6) is -0.703. The molecule has 0 radical (unpaired) electrons. The highest BCUT2D eigenvalue weighted by Crippen LogP contribution is 2.32. The number of quaternary nitrogens is 1. The quantitative estimate of drug-likeness (QED) is 0.673. The normalized spacial score (nSPS) is 19.4. The highest BCUT2D eigenvalue weighted by molar-refractivity contribution is 6.08. The first-order chi connectivity index (χ1) is 14.0. The molecular formula is C22H27N4O3+. The summed E-state index contributed by atoms with van der Waals surface area (Å²) in [5, 5.41) is 7.89. The number of carbonyl (C=O) groups is 3. The molecule has 1 saturated heterocycles. The molecule has 2 fully saturated rings. The minimum absolute atomic E-state index is 0.0552. The van der Waals surface area contributed by atoms with E-state index in [2.05, 4.69) is 35.0 Å². The Hall–Kier alpha value is -2.93. The molecule has 1 heterocycles. The SMILES string of the molecule is C[C@@H]([NH2+]CC(=O)NN1C(=O)NC2(CCCCC2)C1=O)c1cccc2ccccc12. The molecule has 1 saturated carbocycles. The first kappa shape index (κ1) is 19.4. The molecule has 1 atom stereocenters. The molecule has 2 aromatic rings. The number of nitrogens with two attached hydrogens (primary N) is 1. The molecule has 4 N–H and O–H groups in total. The summed E-state index contributed by atoms with van der Waals surface area (Å²) in [5.41, 5.74) is 2.81. The lowest BCUT2D eigenvalue weighted by Crippen LogP contribution is -2.87. The Morgan fingerprint density at radius 3 is 2.66 bits per heavy atom. The van der Waals surface area contributed by atoms with E-state index in [0.717, 1.165) is 40.6 Å². The van der Waals surface area contributed by atoms with Crippen LogP contribution in [0.15, 0.2) is 42.5 Å². The Bertz CT molecular complexity index is 947. The minimum atomic E-state index is -0.831. The van der Waals surface area contributed by atoms with Gasteiger partial charge in [0.05, 0.1) is 0 Å². The molecular weight excluding hydrogens is 368 g/mol. The number of fused-ring (bicyclic) bond motifs is 1.